The molecule has 0 radical (unpaired) electrons. The topological polar surface area (TPSA) is 50.9 Å². The predicted octanol–water partition coefficient (Wildman–Crippen LogP) is 3.98. The van der Waals surface area contributed by atoms with Crippen LogP contribution in [-0.2, 0) is 12.6 Å². The number of hydrazine groups is 1. The second kappa shape index (κ2) is 6.43. The van der Waals surface area contributed by atoms with Crippen LogP contribution in [0.15, 0.2) is 28.1 Å². The number of halogens is 4. The third-order valence-electron chi connectivity index (χ3n) is 2.98. The molecule has 0 aliphatic carbocycles. The highest BCUT2D eigenvalue weighted by molar-refractivity contribution is 9.10. The van der Waals surface area contributed by atoms with Gasteiger partial charge in [0.05, 0.1) is 22.3 Å². The molecular weight excluding hydrogens is 367 g/mol. The molecule has 21 heavy (non-hydrogen) atoms. The largest absolute Gasteiger partial charge is 0.416 e. The highest BCUT2D eigenvalue weighted by Gasteiger charge is 2.35. The summed E-state index contributed by atoms with van der Waals surface area (Å²) in [4.78, 5) is 4.27. The van der Waals surface area contributed by atoms with Crippen molar-refractivity contribution >= 4 is 27.3 Å². The van der Waals surface area contributed by atoms with Gasteiger partial charge in [-0.3, -0.25) is 11.3 Å². The number of rotatable bonds is 4. The Morgan fingerprint density at radius 2 is 2.14 bits per heavy atom. The molecule has 0 amide bonds. The van der Waals surface area contributed by atoms with Crippen molar-refractivity contribution in [1.82, 2.24) is 10.4 Å². The standard InChI is InChI=1S/C13H13BrF3N3S/c1-7-19-9(6-21-7)5-12(20-18)10-3-2-8(14)4-11(10)13(15,16)17/h2-4,6,12,20H,5,18H2,1H3. The highest BCUT2D eigenvalue weighted by atomic mass is 79.9. The molecule has 3 nitrogen and oxygen atoms in total. The van der Waals surface area contributed by atoms with Crippen LogP contribution in [0.2, 0.25) is 0 Å². The van der Waals surface area contributed by atoms with Crippen LogP contribution < -0.4 is 11.3 Å². The van der Waals surface area contributed by atoms with Crippen LogP contribution in [0.5, 0.6) is 0 Å². The van der Waals surface area contributed by atoms with Crippen LogP contribution in [0.4, 0.5) is 13.2 Å². The maximum absolute atomic E-state index is 13.2. The van der Waals surface area contributed by atoms with Crippen LogP contribution in [-0.4, -0.2) is 4.98 Å². The number of hydrogen-bond donors (Lipinski definition) is 2. The number of nitrogens with two attached hydrogens (primary N) is 1. The Morgan fingerprint density at radius 3 is 2.67 bits per heavy atom. The summed E-state index contributed by atoms with van der Waals surface area (Å²) in [6.45, 7) is 1.85. The summed E-state index contributed by atoms with van der Waals surface area (Å²) in [6, 6.07) is 3.40. The first-order valence-electron chi connectivity index (χ1n) is 6.05. The number of benzene rings is 1. The predicted molar refractivity (Wildman–Crippen MR) is 79.8 cm³/mol. The maximum Gasteiger partial charge on any atom is 0.416 e. The molecule has 2 aromatic rings. The molecule has 1 aromatic heterocycles. The first-order valence-corrected chi connectivity index (χ1v) is 7.72. The molecule has 114 valence electrons. The molecule has 1 heterocycles. The maximum atomic E-state index is 13.2. The monoisotopic (exact) mass is 379 g/mol. The third-order valence-corrected chi connectivity index (χ3v) is 4.29. The normalized spacial score (nSPS) is 13.4. The molecule has 0 aliphatic heterocycles. The molecule has 3 N–H and O–H groups in total. The zero-order valence-electron chi connectivity index (χ0n) is 11.0. The molecule has 0 saturated carbocycles. The minimum absolute atomic E-state index is 0.110. The van der Waals surface area contributed by atoms with Gasteiger partial charge in [0, 0.05) is 16.3 Å². The van der Waals surface area contributed by atoms with E-state index in [1.165, 1.54) is 17.4 Å². The van der Waals surface area contributed by atoms with Crippen molar-refractivity contribution in [1.29, 1.82) is 0 Å². The van der Waals surface area contributed by atoms with E-state index in [4.69, 9.17) is 5.84 Å². The first-order chi connectivity index (χ1) is 9.81. The summed E-state index contributed by atoms with van der Waals surface area (Å²) in [5.74, 6) is 5.46. The van der Waals surface area contributed by atoms with Crippen molar-refractivity contribution in [3.05, 3.63) is 49.9 Å². The van der Waals surface area contributed by atoms with E-state index >= 15 is 0 Å². The van der Waals surface area contributed by atoms with Gasteiger partial charge in [0.25, 0.3) is 0 Å². The Balaban J connectivity index is 2.38. The number of thiazole rings is 1. The number of nitrogens with one attached hydrogen (secondary N) is 1. The van der Waals surface area contributed by atoms with E-state index in [1.54, 1.807) is 6.07 Å². The Hall–Kier alpha value is -0.960. The van der Waals surface area contributed by atoms with E-state index in [1.807, 2.05) is 12.3 Å². The minimum atomic E-state index is -4.44. The fraction of sp³-hybridized carbons (Fsp3) is 0.308. The van der Waals surface area contributed by atoms with Gasteiger partial charge in [-0.2, -0.15) is 13.2 Å². The number of aryl methyl sites for hydroxylation is 1. The molecule has 1 atom stereocenters. The van der Waals surface area contributed by atoms with Crippen LogP contribution >= 0.6 is 27.3 Å². The molecule has 1 unspecified atom stereocenters. The van der Waals surface area contributed by atoms with E-state index in [0.29, 0.717) is 10.9 Å². The number of hydrogen-bond acceptors (Lipinski definition) is 4. The molecular formula is C13H13BrF3N3S. The van der Waals surface area contributed by atoms with Crippen molar-refractivity contribution in [2.45, 2.75) is 25.6 Å². The van der Waals surface area contributed by atoms with Crippen LogP contribution in [0.1, 0.15) is 27.9 Å². The van der Waals surface area contributed by atoms with Gasteiger partial charge >= 0.3 is 6.18 Å². The second-order valence-corrected chi connectivity index (χ2v) is 6.49. The SMILES string of the molecule is Cc1nc(CC(NN)c2ccc(Br)cc2C(F)(F)F)cs1. The molecule has 0 saturated heterocycles. The number of alkyl halides is 3. The third kappa shape index (κ3) is 4.03. The molecule has 0 fully saturated rings. The zero-order chi connectivity index (χ0) is 15.6. The van der Waals surface area contributed by atoms with Crippen molar-refractivity contribution in [3.8, 4) is 0 Å². The van der Waals surface area contributed by atoms with Gasteiger partial charge in [-0.15, -0.1) is 11.3 Å². The summed E-state index contributed by atoms with van der Waals surface area (Å²) in [7, 11) is 0. The number of aromatic nitrogens is 1. The lowest BCUT2D eigenvalue weighted by Crippen LogP contribution is -2.31. The van der Waals surface area contributed by atoms with Gasteiger partial charge in [-0.1, -0.05) is 22.0 Å². The van der Waals surface area contributed by atoms with Gasteiger partial charge in [0.15, 0.2) is 0 Å². The summed E-state index contributed by atoms with van der Waals surface area (Å²) in [5.41, 5.74) is 2.58. The average molecular weight is 380 g/mol. The summed E-state index contributed by atoms with van der Waals surface area (Å²) in [5, 5.41) is 2.69. The highest BCUT2D eigenvalue weighted by Crippen LogP contribution is 2.37. The van der Waals surface area contributed by atoms with Crippen LogP contribution in [0.3, 0.4) is 0 Å². The Bertz CT molecular complexity index is 627. The van der Waals surface area contributed by atoms with E-state index < -0.39 is 17.8 Å². The fourth-order valence-corrected chi connectivity index (χ4v) is 3.03. The average Bonchev–Trinajstić information content (AvgIpc) is 2.81. The first kappa shape index (κ1) is 16.4. The smallest absolute Gasteiger partial charge is 0.271 e. The molecule has 0 spiro atoms. The van der Waals surface area contributed by atoms with E-state index in [-0.39, 0.29) is 5.56 Å². The van der Waals surface area contributed by atoms with Crippen LogP contribution in [0, 0.1) is 6.92 Å². The van der Waals surface area contributed by atoms with E-state index in [2.05, 4.69) is 26.3 Å². The van der Waals surface area contributed by atoms with Gasteiger partial charge in [0.2, 0.25) is 0 Å². The lowest BCUT2D eigenvalue weighted by Gasteiger charge is -2.20. The van der Waals surface area contributed by atoms with E-state index in [0.717, 1.165) is 16.8 Å². The zero-order valence-corrected chi connectivity index (χ0v) is 13.4. The van der Waals surface area contributed by atoms with E-state index in [9.17, 15) is 13.2 Å². The van der Waals surface area contributed by atoms with Gasteiger partial charge < -0.3 is 0 Å². The summed E-state index contributed by atoms with van der Waals surface area (Å²) in [6.07, 6.45) is -4.14. The van der Waals surface area contributed by atoms with Crippen LogP contribution in [0.25, 0.3) is 0 Å². The fourth-order valence-electron chi connectivity index (χ4n) is 2.05. The van der Waals surface area contributed by atoms with Gasteiger partial charge in [-0.05, 0) is 24.6 Å². The molecule has 2 rings (SSSR count). The van der Waals surface area contributed by atoms with Crippen molar-refractivity contribution in [3.63, 3.8) is 0 Å². The Morgan fingerprint density at radius 1 is 1.43 bits per heavy atom. The Labute approximate surface area is 132 Å². The van der Waals surface area contributed by atoms with Crippen molar-refractivity contribution in [2.24, 2.45) is 5.84 Å². The molecule has 8 heteroatoms. The summed E-state index contributed by atoms with van der Waals surface area (Å²) >= 11 is 4.52. The lowest BCUT2D eigenvalue weighted by atomic mass is 9.97. The van der Waals surface area contributed by atoms with Crippen molar-refractivity contribution < 1.29 is 13.2 Å². The molecule has 1 aromatic carbocycles. The minimum Gasteiger partial charge on any atom is -0.271 e. The number of nitrogens with zero attached hydrogens (tertiary/aromatic N) is 1. The van der Waals surface area contributed by atoms with Gasteiger partial charge in [-0.25, -0.2) is 4.98 Å². The Kier molecular flexibility index (Phi) is 5.03. The van der Waals surface area contributed by atoms with Gasteiger partial charge in [0.1, 0.15) is 0 Å². The quantitative estimate of drug-likeness (QED) is 0.623. The second-order valence-electron chi connectivity index (χ2n) is 4.51. The molecule has 0 aliphatic rings. The lowest BCUT2D eigenvalue weighted by molar-refractivity contribution is -0.138. The summed E-state index contributed by atoms with van der Waals surface area (Å²) < 4.78 is 39.9. The molecule has 0 bridgehead atoms. The van der Waals surface area contributed by atoms with Crippen molar-refractivity contribution in [2.75, 3.05) is 0 Å².